The van der Waals surface area contributed by atoms with E-state index in [0.717, 1.165) is 19.4 Å². The molecule has 3 nitrogen and oxygen atoms in total. The van der Waals surface area contributed by atoms with Crippen molar-refractivity contribution in [2.75, 3.05) is 0 Å². The normalized spacial score (nSPS) is 34.5. The molecule has 1 aromatic heterocycles. The van der Waals surface area contributed by atoms with Crippen molar-refractivity contribution in [3.8, 4) is 0 Å². The number of fused-ring (bicyclic) bond motifs is 2. The molecule has 92 valence electrons. The van der Waals surface area contributed by atoms with Crippen molar-refractivity contribution in [3.05, 3.63) is 18.7 Å². The van der Waals surface area contributed by atoms with Gasteiger partial charge in [-0.15, -0.1) is 0 Å². The van der Waals surface area contributed by atoms with Crippen LogP contribution in [-0.4, -0.2) is 10.4 Å². The van der Waals surface area contributed by atoms with E-state index >= 15 is 0 Å². The van der Waals surface area contributed by atoms with Crippen LogP contribution in [0.2, 0.25) is 0 Å². The fourth-order valence-corrected chi connectivity index (χ4v) is 4.05. The minimum atomic E-state index is -0.107. The molecule has 1 aromatic rings. The molecule has 0 amide bonds. The molecule has 0 aromatic carbocycles. The van der Waals surface area contributed by atoms with Crippen LogP contribution in [0.1, 0.15) is 33.1 Å². The lowest BCUT2D eigenvalue weighted by molar-refractivity contribution is -0.671. The van der Waals surface area contributed by atoms with Crippen LogP contribution in [0.25, 0.3) is 0 Å². The van der Waals surface area contributed by atoms with Crippen LogP contribution in [0.15, 0.2) is 18.7 Å². The summed E-state index contributed by atoms with van der Waals surface area (Å²) in [4.78, 5) is 12.4. The summed E-state index contributed by atoms with van der Waals surface area (Å²) in [5.41, 5.74) is 0.0661. The molecule has 17 heavy (non-hydrogen) atoms. The van der Waals surface area contributed by atoms with Gasteiger partial charge in [-0.05, 0) is 24.2 Å². The second-order valence-corrected chi connectivity index (χ2v) is 6.42. The molecule has 2 atom stereocenters. The van der Waals surface area contributed by atoms with E-state index in [1.807, 2.05) is 17.8 Å². The van der Waals surface area contributed by atoms with Crippen molar-refractivity contribution in [2.45, 2.75) is 39.7 Å². The summed E-state index contributed by atoms with van der Waals surface area (Å²) in [5.74, 6) is 1.11. The number of carbonyl (C=O) groups is 1. The number of hydrogen-bond donors (Lipinski definition) is 0. The second kappa shape index (κ2) is 3.21. The summed E-state index contributed by atoms with van der Waals surface area (Å²) in [5, 5.41) is 0. The molecule has 2 unspecified atom stereocenters. The van der Waals surface area contributed by atoms with Crippen molar-refractivity contribution in [1.82, 2.24) is 4.57 Å². The maximum Gasteiger partial charge on any atom is 0.243 e. The summed E-state index contributed by atoms with van der Waals surface area (Å²) in [6.07, 6.45) is 9.29. The first-order valence-electron chi connectivity index (χ1n) is 6.50. The SMILES string of the molecule is C[n+]1ccn(CC23CCC(CC2=O)C3(C)C)c1. The van der Waals surface area contributed by atoms with Gasteiger partial charge in [0.2, 0.25) is 6.33 Å². The van der Waals surface area contributed by atoms with Crippen LogP contribution < -0.4 is 4.57 Å². The highest BCUT2D eigenvalue weighted by Gasteiger charge is 2.65. The first-order chi connectivity index (χ1) is 7.96. The Morgan fingerprint density at radius 2 is 2.29 bits per heavy atom. The minimum Gasteiger partial charge on any atom is -0.299 e. The van der Waals surface area contributed by atoms with Crippen LogP contribution in [0.5, 0.6) is 0 Å². The Labute approximate surface area is 102 Å². The summed E-state index contributed by atoms with van der Waals surface area (Å²) >= 11 is 0. The molecule has 2 bridgehead atoms. The zero-order valence-electron chi connectivity index (χ0n) is 10.9. The van der Waals surface area contributed by atoms with E-state index in [-0.39, 0.29) is 10.8 Å². The topological polar surface area (TPSA) is 25.9 Å². The van der Waals surface area contributed by atoms with Crippen LogP contribution in [0, 0.1) is 16.7 Å². The quantitative estimate of drug-likeness (QED) is 0.714. The lowest BCUT2D eigenvalue weighted by Crippen LogP contribution is -2.40. The fourth-order valence-electron chi connectivity index (χ4n) is 4.05. The number of ketones is 1. The molecular formula is C14H21N2O+. The van der Waals surface area contributed by atoms with E-state index in [1.54, 1.807) is 0 Å². The lowest BCUT2D eigenvalue weighted by atomic mass is 9.69. The van der Waals surface area contributed by atoms with E-state index in [9.17, 15) is 4.79 Å². The standard InChI is InChI=1S/C14H21N2O/c1-13(2)11-4-5-14(13,12(17)8-11)9-16-7-6-15(3)10-16/h6-7,10-11H,4-5,8-9H2,1-3H3/q+1. The molecule has 2 saturated carbocycles. The van der Waals surface area contributed by atoms with Gasteiger partial charge in [0, 0.05) is 6.42 Å². The maximum atomic E-state index is 12.4. The summed E-state index contributed by atoms with van der Waals surface area (Å²) in [7, 11) is 2.02. The van der Waals surface area contributed by atoms with Crippen LogP contribution in [0.4, 0.5) is 0 Å². The van der Waals surface area contributed by atoms with Crippen LogP contribution in [-0.2, 0) is 18.4 Å². The molecule has 3 rings (SSSR count). The fraction of sp³-hybridized carbons (Fsp3) is 0.714. The second-order valence-electron chi connectivity index (χ2n) is 6.42. The van der Waals surface area contributed by atoms with E-state index in [2.05, 4.69) is 30.9 Å². The number of imidazole rings is 1. The highest BCUT2D eigenvalue weighted by molar-refractivity contribution is 5.89. The van der Waals surface area contributed by atoms with Crippen molar-refractivity contribution in [1.29, 1.82) is 0 Å². The number of Topliss-reactive ketones (excluding diaryl/α,β-unsaturated/α-hetero) is 1. The average molecular weight is 233 g/mol. The summed E-state index contributed by atoms with van der Waals surface area (Å²) < 4.78 is 4.21. The zero-order valence-corrected chi connectivity index (χ0v) is 10.9. The largest absolute Gasteiger partial charge is 0.299 e. The predicted octanol–water partition coefficient (Wildman–Crippen LogP) is 1.71. The number of carbonyl (C=O) groups excluding carboxylic acids is 1. The van der Waals surface area contributed by atoms with Gasteiger partial charge < -0.3 is 0 Å². The number of aromatic nitrogens is 2. The zero-order chi connectivity index (χ0) is 12.3. The maximum absolute atomic E-state index is 12.4. The molecule has 0 aliphatic heterocycles. The smallest absolute Gasteiger partial charge is 0.243 e. The average Bonchev–Trinajstić information content (AvgIpc) is 2.80. The molecule has 1 heterocycles. The van der Waals surface area contributed by atoms with Crippen molar-refractivity contribution >= 4 is 5.78 Å². The van der Waals surface area contributed by atoms with Gasteiger partial charge in [-0.1, -0.05) is 13.8 Å². The summed E-state index contributed by atoms with van der Waals surface area (Å²) in [6, 6.07) is 0. The molecule has 0 spiro atoms. The van der Waals surface area contributed by atoms with Crippen molar-refractivity contribution < 1.29 is 9.36 Å². The van der Waals surface area contributed by atoms with Gasteiger partial charge in [0.15, 0.2) is 0 Å². The predicted molar refractivity (Wildman–Crippen MR) is 64.2 cm³/mol. The summed E-state index contributed by atoms with van der Waals surface area (Å²) in [6.45, 7) is 5.44. The number of aryl methyl sites for hydroxylation is 1. The molecule has 2 fully saturated rings. The highest BCUT2D eigenvalue weighted by Crippen LogP contribution is 2.64. The Morgan fingerprint density at radius 1 is 1.53 bits per heavy atom. The highest BCUT2D eigenvalue weighted by atomic mass is 16.1. The van der Waals surface area contributed by atoms with E-state index < -0.39 is 0 Å². The Bertz CT molecular complexity index is 474. The van der Waals surface area contributed by atoms with Gasteiger partial charge in [0.1, 0.15) is 24.7 Å². The number of hydrogen-bond acceptors (Lipinski definition) is 1. The molecule has 2 aliphatic rings. The van der Waals surface area contributed by atoms with E-state index in [4.69, 9.17) is 0 Å². The molecule has 0 saturated heterocycles. The Kier molecular flexibility index (Phi) is 2.08. The van der Waals surface area contributed by atoms with Crippen molar-refractivity contribution in [3.63, 3.8) is 0 Å². The van der Waals surface area contributed by atoms with Crippen LogP contribution in [0.3, 0.4) is 0 Å². The van der Waals surface area contributed by atoms with Gasteiger partial charge >= 0.3 is 0 Å². The van der Waals surface area contributed by atoms with Crippen LogP contribution >= 0.6 is 0 Å². The van der Waals surface area contributed by atoms with Gasteiger partial charge in [-0.2, -0.15) is 0 Å². The monoisotopic (exact) mass is 233 g/mol. The Balaban J connectivity index is 1.97. The van der Waals surface area contributed by atoms with Gasteiger partial charge in [-0.3, -0.25) is 4.79 Å². The van der Waals surface area contributed by atoms with Crippen molar-refractivity contribution in [2.24, 2.45) is 23.8 Å². The Morgan fingerprint density at radius 3 is 2.76 bits per heavy atom. The van der Waals surface area contributed by atoms with E-state index in [0.29, 0.717) is 11.7 Å². The molecule has 3 heteroatoms. The molecule has 2 aliphatic carbocycles. The molecule has 0 radical (unpaired) electrons. The van der Waals surface area contributed by atoms with Gasteiger partial charge in [-0.25, -0.2) is 9.13 Å². The molecular weight excluding hydrogens is 212 g/mol. The number of rotatable bonds is 2. The minimum absolute atomic E-state index is 0.107. The Hall–Kier alpha value is -1.12. The lowest BCUT2D eigenvalue weighted by Gasteiger charge is -2.34. The first kappa shape index (κ1) is 11.0. The third-order valence-corrected chi connectivity index (χ3v) is 5.42. The first-order valence-corrected chi connectivity index (χ1v) is 6.50. The van der Waals surface area contributed by atoms with Gasteiger partial charge in [0.05, 0.1) is 12.5 Å². The van der Waals surface area contributed by atoms with E-state index in [1.165, 1.54) is 6.42 Å². The van der Waals surface area contributed by atoms with Gasteiger partial charge in [0.25, 0.3) is 0 Å². The molecule has 0 N–H and O–H groups in total. The number of nitrogens with zero attached hydrogens (tertiary/aromatic N) is 2. The third kappa shape index (κ3) is 1.28. The third-order valence-electron chi connectivity index (χ3n) is 5.42.